The van der Waals surface area contributed by atoms with Crippen LogP contribution in [0.25, 0.3) is 33.5 Å². The predicted molar refractivity (Wildman–Crippen MR) is 138 cm³/mol. The molecule has 1 unspecified atom stereocenters. The first kappa shape index (κ1) is 24.1. The third kappa shape index (κ3) is 3.92. The van der Waals surface area contributed by atoms with Crippen molar-refractivity contribution >= 4 is 22.2 Å². The van der Waals surface area contributed by atoms with E-state index in [9.17, 15) is 4.79 Å². The fraction of sp³-hybridized carbons (Fsp3) is 0.481. The first-order valence-corrected chi connectivity index (χ1v) is 12.1. The van der Waals surface area contributed by atoms with E-state index in [0.29, 0.717) is 17.9 Å². The second-order valence-electron chi connectivity index (χ2n) is 9.39. The molecule has 4 rings (SSSR count). The van der Waals surface area contributed by atoms with Gasteiger partial charge < -0.3 is 9.30 Å². The summed E-state index contributed by atoms with van der Waals surface area (Å²) < 4.78 is 9.41. The molecule has 0 spiro atoms. The minimum atomic E-state index is -0.0826. The Hall–Kier alpha value is -3.06. The van der Waals surface area contributed by atoms with Gasteiger partial charge in [0.15, 0.2) is 5.65 Å². The van der Waals surface area contributed by atoms with Crippen molar-refractivity contribution in [3.05, 3.63) is 51.2 Å². The maximum atomic E-state index is 12.8. The van der Waals surface area contributed by atoms with Gasteiger partial charge in [0, 0.05) is 24.9 Å². The van der Waals surface area contributed by atoms with Gasteiger partial charge in [0.25, 0.3) is 5.56 Å². The fourth-order valence-electron chi connectivity index (χ4n) is 4.80. The molecule has 0 N–H and O–H groups in total. The Bertz CT molecular complexity index is 1430. The summed E-state index contributed by atoms with van der Waals surface area (Å²) in [5.41, 5.74) is 9.06. The van der Waals surface area contributed by atoms with Crippen LogP contribution in [0.5, 0.6) is 0 Å². The van der Waals surface area contributed by atoms with Crippen molar-refractivity contribution in [3.63, 3.8) is 0 Å². The van der Waals surface area contributed by atoms with Gasteiger partial charge in [0.05, 0.1) is 35.1 Å². The Morgan fingerprint density at radius 2 is 1.76 bits per heavy atom. The molecule has 0 amide bonds. The van der Waals surface area contributed by atoms with Crippen molar-refractivity contribution in [2.45, 2.75) is 73.4 Å². The Kier molecular flexibility index (Phi) is 6.58. The first-order valence-electron chi connectivity index (χ1n) is 12.1. The molecule has 34 heavy (non-hydrogen) atoms. The highest BCUT2D eigenvalue weighted by atomic mass is 16.5. The molecule has 180 valence electrons. The normalized spacial score (nSPS) is 12.9. The lowest BCUT2D eigenvalue weighted by atomic mass is 10.00. The zero-order chi connectivity index (χ0) is 24.7. The molecule has 1 atom stereocenters. The molecule has 0 saturated carbocycles. The summed E-state index contributed by atoms with van der Waals surface area (Å²) in [6.45, 7) is 14.9. The zero-order valence-electron chi connectivity index (χ0n) is 21.6. The minimum Gasteiger partial charge on any atom is -0.383 e. The molecule has 0 bridgehead atoms. The second-order valence-corrected chi connectivity index (χ2v) is 9.39. The van der Waals surface area contributed by atoms with Crippen molar-refractivity contribution in [1.82, 2.24) is 24.1 Å². The average molecular weight is 462 g/mol. The number of nitrogens with zero attached hydrogens (tertiary/aromatic N) is 5. The van der Waals surface area contributed by atoms with Crippen LogP contribution in [-0.4, -0.2) is 37.8 Å². The number of hydrogen-bond donors (Lipinski definition) is 0. The summed E-state index contributed by atoms with van der Waals surface area (Å²) in [4.78, 5) is 27.6. The van der Waals surface area contributed by atoms with Crippen molar-refractivity contribution in [1.29, 1.82) is 0 Å². The topological polar surface area (TPSA) is 74.8 Å². The van der Waals surface area contributed by atoms with Crippen LogP contribution in [0.2, 0.25) is 0 Å². The Balaban J connectivity index is 2.02. The number of aryl methyl sites for hydroxylation is 4. The lowest BCUT2D eigenvalue weighted by Crippen LogP contribution is -2.26. The molecule has 0 aliphatic carbocycles. The molecule has 0 aliphatic heterocycles. The lowest BCUT2D eigenvalue weighted by molar-refractivity contribution is 0.164. The highest BCUT2D eigenvalue weighted by Gasteiger charge is 2.20. The molecular weight excluding hydrogens is 426 g/mol. The van der Waals surface area contributed by atoms with Crippen molar-refractivity contribution < 1.29 is 4.74 Å². The van der Waals surface area contributed by atoms with Gasteiger partial charge in [-0.05, 0) is 70.7 Å². The van der Waals surface area contributed by atoms with E-state index in [-0.39, 0.29) is 17.6 Å². The van der Waals surface area contributed by atoms with Gasteiger partial charge in [-0.2, -0.15) is 0 Å². The molecule has 7 nitrogen and oxygen atoms in total. The van der Waals surface area contributed by atoms with Gasteiger partial charge in [-0.3, -0.25) is 9.36 Å². The summed E-state index contributed by atoms with van der Waals surface area (Å²) in [5, 5.41) is 0. The van der Waals surface area contributed by atoms with Crippen LogP contribution in [0.15, 0.2) is 23.1 Å². The summed E-state index contributed by atoms with van der Waals surface area (Å²) in [7, 11) is 1.73. The standard InChI is InChI=1S/C27H35N5O2/c1-9-19-11-23-24(16(5)13-31(23)17(6)14-34-8)30-25(19)20-12-22-26(29-21(20)10-2)32(15(3)4)27(33)18(7)28-22/h11-13,15,17H,9-10,14H2,1-8H3. The van der Waals surface area contributed by atoms with Gasteiger partial charge in [-0.25, -0.2) is 15.0 Å². The summed E-state index contributed by atoms with van der Waals surface area (Å²) >= 11 is 0. The number of rotatable bonds is 7. The van der Waals surface area contributed by atoms with E-state index >= 15 is 0 Å². The number of fused-ring (bicyclic) bond motifs is 2. The van der Waals surface area contributed by atoms with E-state index < -0.39 is 0 Å². The SMILES string of the molecule is CCc1cc2c(nc1-c1cc3nc(C)c(=O)n(C(C)C)c3nc1CC)c(C)cn2C(C)COC. The molecule has 7 heteroatoms. The number of ether oxygens (including phenoxy) is 1. The molecule has 4 heterocycles. The third-order valence-electron chi connectivity index (χ3n) is 6.54. The predicted octanol–water partition coefficient (Wildman–Crippen LogP) is 5.34. The van der Waals surface area contributed by atoms with E-state index in [0.717, 1.165) is 51.9 Å². The molecule has 0 fully saturated rings. The van der Waals surface area contributed by atoms with Gasteiger partial charge in [0.2, 0.25) is 0 Å². The van der Waals surface area contributed by atoms with Crippen molar-refractivity contribution in [3.8, 4) is 11.3 Å². The smallest absolute Gasteiger partial charge is 0.273 e. The van der Waals surface area contributed by atoms with E-state index in [1.165, 1.54) is 5.56 Å². The Labute approximate surface area is 200 Å². The molecular formula is C27H35N5O2. The van der Waals surface area contributed by atoms with Gasteiger partial charge in [-0.15, -0.1) is 0 Å². The van der Waals surface area contributed by atoms with Crippen LogP contribution in [0, 0.1) is 13.8 Å². The van der Waals surface area contributed by atoms with Crippen molar-refractivity contribution in [2.24, 2.45) is 0 Å². The van der Waals surface area contributed by atoms with Gasteiger partial charge in [0.1, 0.15) is 11.2 Å². The maximum absolute atomic E-state index is 12.8. The molecule has 0 radical (unpaired) electrons. The van der Waals surface area contributed by atoms with E-state index in [4.69, 9.17) is 14.7 Å². The van der Waals surface area contributed by atoms with E-state index in [1.54, 1.807) is 18.6 Å². The fourth-order valence-corrected chi connectivity index (χ4v) is 4.80. The second kappa shape index (κ2) is 9.29. The quantitative estimate of drug-likeness (QED) is 0.371. The Morgan fingerprint density at radius 1 is 1.03 bits per heavy atom. The number of methoxy groups -OCH3 is 1. The molecule has 0 aromatic carbocycles. The van der Waals surface area contributed by atoms with E-state index in [2.05, 4.69) is 55.6 Å². The summed E-state index contributed by atoms with van der Waals surface area (Å²) in [6, 6.07) is 4.54. The first-order chi connectivity index (χ1) is 16.2. The van der Waals surface area contributed by atoms with Crippen LogP contribution in [0.3, 0.4) is 0 Å². The minimum absolute atomic E-state index is 0.00284. The maximum Gasteiger partial charge on any atom is 0.273 e. The highest BCUT2D eigenvalue weighted by molar-refractivity contribution is 5.87. The molecule has 4 aromatic rings. The summed E-state index contributed by atoms with van der Waals surface area (Å²) in [5.74, 6) is 0. The van der Waals surface area contributed by atoms with E-state index in [1.807, 2.05) is 13.8 Å². The molecule has 0 aliphatic rings. The van der Waals surface area contributed by atoms with Gasteiger partial charge >= 0.3 is 0 Å². The number of aromatic nitrogens is 5. The molecule has 0 saturated heterocycles. The third-order valence-corrected chi connectivity index (χ3v) is 6.54. The van der Waals surface area contributed by atoms with Crippen molar-refractivity contribution in [2.75, 3.05) is 13.7 Å². The van der Waals surface area contributed by atoms with Gasteiger partial charge in [-0.1, -0.05) is 13.8 Å². The lowest BCUT2D eigenvalue weighted by Gasteiger charge is -2.18. The Morgan fingerprint density at radius 3 is 2.38 bits per heavy atom. The van der Waals surface area contributed by atoms with Crippen LogP contribution < -0.4 is 5.56 Å². The van der Waals surface area contributed by atoms with Crippen LogP contribution in [0.1, 0.15) is 69.2 Å². The average Bonchev–Trinajstić information content (AvgIpc) is 3.13. The zero-order valence-corrected chi connectivity index (χ0v) is 21.6. The highest BCUT2D eigenvalue weighted by Crippen LogP contribution is 2.33. The monoisotopic (exact) mass is 461 g/mol. The van der Waals surface area contributed by atoms with Crippen LogP contribution in [-0.2, 0) is 17.6 Å². The van der Waals surface area contributed by atoms with Crippen LogP contribution in [0.4, 0.5) is 0 Å². The number of pyridine rings is 2. The van der Waals surface area contributed by atoms with Crippen LogP contribution >= 0.6 is 0 Å². The largest absolute Gasteiger partial charge is 0.383 e. The summed E-state index contributed by atoms with van der Waals surface area (Å²) in [6.07, 6.45) is 3.75. The number of hydrogen-bond acceptors (Lipinski definition) is 5. The molecule has 4 aromatic heterocycles.